The van der Waals surface area contributed by atoms with Crippen molar-refractivity contribution in [1.29, 1.82) is 0 Å². The van der Waals surface area contributed by atoms with Gasteiger partial charge in [0.25, 0.3) is 5.91 Å². The minimum atomic E-state index is -3.25. The largest absolute Gasteiger partial charge is 0.322 e. The Morgan fingerprint density at radius 3 is 2.39 bits per heavy atom. The first-order valence-electron chi connectivity index (χ1n) is 6.90. The van der Waals surface area contributed by atoms with Crippen LogP contribution in [0, 0.1) is 0 Å². The van der Waals surface area contributed by atoms with Crippen molar-refractivity contribution in [3.8, 4) is 0 Å². The average Bonchev–Trinajstić information content (AvgIpc) is 2.54. The van der Waals surface area contributed by atoms with Crippen molar-refractivity contribution in [2.45, 2.75) is 4.90 Å². The standard InChI is InChI=1S/C17H14N2O3S/c1-23(21,22)13-8-6-12(7-9-13)19-17(20)15-10-11-18-16-5-3-2-4-14(15)16/h2-11H,1H3,(H,19,20). The molecule has 0 saturated heterocycles. The summed E-state index contributed by atoms with van der Waals surface area (Å²) in [7, 11) is -3.25. The molecule has 0 atom stereocenters. The first-order chi connectivity index (χ1) is 10.9. The lowest BCUT2D eigenvalue weighted by Crippen LogP contribution is -2.12. The highest BCUT2D eigenvalue weighted by molar-refractivity contribution is 7.90. The molecule has 0 aliphatic heterocycles. The number of rotatable bonds is 3. The number of nitrogens with zero attached hydrogens (tertiary/aromatic N) is 1. The average molecular weight is 326 g/mol. The molecule has 1 aromatic heterocycles. The Labute approximate surface area is 133 Å². The minimum absolute atomic E-state index is 0.213. The van der Waals surface area contributed by atoms with Crippen LogP contribution in [-0.4, -0.2) is 25.6 Å². The maximum atomic E-state index is 12.5. The van der Waals surface area contributed by atoms with Gasteiger partial charge in [-0.05, 0) is 36.4 Å². The monoisotopic (exact) mass is 326 g/mol. The van der Waals surface area contributed by atoms with Gasteiger partial charge in [-0.25, -0.2) is 8.42 Å². The molecule has 0 radical (unpaired) electrons. The number of para-hydroxylation sites is 1. The maximum Gasteiger partial charge on any atom is 0.256 e. The Balaban J connectivity index is 1.89. The zero-order chi connectivity index (χ0) is 16.4. The van der Waals surface area contributed by atoms with Crippen LogP contribution in [0.15, 0.2) is 65.7 Å². The van der Waals surface area contributed by atoms with E-state index in [0.717, 1.165) is 17.2 Å². The summed E-state index contributed by atoms with van der Waals surface area (Å²) in [6.07, 6.45) is 2.73. The van der Waals surface area contributed by atoms with E-state index in [1.807, 2.05) is 24.3 Å². The molecule has 0 spiro atoms. The van der Waals surface area contributed by atoms with Crippen molar-refractivity contribution in [3.63, 3.8) is 0 Å². The smallest absolute Gasteiger partial charge is 0.256 e. The SMILES string of the molecule is CS(=O)(=O)c1ccc(NC(=O)c2ccnc3ccccc23)cc1. The summed E-state index contributed by atoms with van der Waals surface area (Å²) in [6.45, 7) is 0. The van der Waals surface area contributed by atoms with E-state index in [9.17, 15) is 13.2 Å². The molecular weight excluding hydrogens is 312 g/mol. The summed E-state index contributed by atoms with van der Waals surface area (Å²) in [4.78, 5) is 16.9. The highest BCUT2D eigenvalue weighted by Gasteiger charge is 2.11. The van der Waals surface area contributed by atoms with Crippen molar-refractivity contribution in [2.24, 2.45) is 0 Å². The molecule has 0 fully saturated rings. The predicted molar refractivity (Wildman–Crippen MR) is 89.2 cm³/mol. The van der Waals surface area contributed by atoms with E-state index in [2.05, 4.69) is 10.3 Å². The summed E-state index contributed by atoms with van der Waals surface area (Å²) in [5, 5.41) is 3.53. The molecule has 1 N–H and O–H groups in total. The lowest BCUT2D eigenvalue weighted by molar-refractivity contribution is 0.102. The van der Waals surface area contributed by atoms with Gasteiger partial charge in [0.2, 0.25) is 0 Å². The van der Waals surface area contributed by atoms with Gasteiger partial charge < -0.3 is 5.32 Å². The molecule has 3 aromatic rings. The molecule has 0 aliphatic rings. The summed E-state index contributed by atoms with van der Waals surface area (Å²) in [5.74, 6) is -0.268. The van der Waals surface area contributed by atoms with E-state index in [4.69, 9.17) is 0 Å². The molecule has 2 aromatic carbocycles. The zero-order valence-corrected chi connectivity index (χ0v) is 13.2. The van der Waals surface area contributed by atoms with Crippen molar-refractivity contribution in [2.75, 3.05) is 11.6 Å². The number of hydrogen-bond acceptors (Lipinski definition) is 4. The molecule has 1 amide bonds. The van der Waals surface area contributed by atoms with Crippen LogP contribution in [-0.2, 0) is 9.84 Å². The van der Waals surface area contributed by atoms with Crippen molar-refractivity contribution >= 4 is 32.3 Å². The maximum absolute atomic E-state index is 12.5. The third kappa shape index (κ3) is 3.22. The van der Waals surface area contributed by atoms with Crippen molar-refractivity contribution < 1.29 is 13.2 Å². The molecule has 1 heterocycles. The van der Waals surface area contributed by atoms with Gasteiger partial charge in [-0.15, -0.1) is 0 Å². The number of carbonyl (C=O) groups is 1. The summed E-state index contributed by atoms with van der Waals surface area (Å²) >= 11 is 0. The van der Waals surface area contributed by atoms with E-state index in [1.54, 1.807) is 24.4 Å². The number of carbonyl (C=O) groups excluding carboxylic acids is 1. The summed E-state index contributed by atoms with van der Waals surface area (Å²) < 4.78 is 22.9. The first kappa shape index (κ1) is 15.2. The van der Waals surface area contributed by atoms with Gasteiger partial charge in [-0.1, -0.05) is 18.2 Å². The third-order valence-electron chi connectivity index (χ3n) is 3.43. The number of nitrogens with one attached hydrogen (secondary N) is 1. The van der Waals surface area contributed by atoms with Crippen LogP contribution in [0.25, 0.3) is 10.9 Å². The lowest BCUT2D eigenvalue weighted by atomic mass is 10.1. The number of sulfone groups is 1. The summed E-state index contributed by atoms with van der Waals surface area (Å²) in [5.41, 5.74) is 1.79. The fourth-order valence-corrected chi connectivity index (χ4v) is 2.91. The van der Waals surface area contributed by atoms with E-state index in [1.165, 1.54) is 12.1 Å². The molecular formula is C17H14N2O3S. The van der Waals surface area contributed by atoms with Crippen LogP contribution in [0.4, 0.5) is 5.69 Å². The number of hydrogen-bond donors (Lipinski definition) is 1. The van der Waals surface area contributed by atoms with Crippen molar-refractivity contribution in [1.82, 2.24) is 4.98 Å². The molecule has 0 unspecified atom stereocenters. The predicted octanol–water partition coefficient (Wildman–Crippen LogP) is 2.89. The number of benzene rings is 2. The Bertz CT molecular complexity index is 975. The third-order valence-corrected chi connectivity index (χ3v) is 4.56. The van der Waals surface area contributed by atoms with Gasteiger partial charge in [0.1, 0.15) is 0 Å². The Kier molecular flexibility index (Phi) is 3.83. The number of amides is 1. The van der Waals surface area contributed by atoms with Crippen molar-refractivity contribution in [3.05, 3.63) is 66.4 Å². The van der Waals surface area contributed by atoms with E-state index in [-0.39, 0.29) is 10.8 Å². The topological polar surface area (TPSA) is 76.1 Å². The second-order valence-electron chi connectivity index (χ2n) is 5.13. The van der Waals surface area contributed by atoms with Gasteiger partial charge in [0.15, 0.2) is 9.84 Å². The van der Waals surface area contributed by atoms with Gasteiger partial charge in [0, 0.05) is 23.5 Å². The Morgan fingerprint density at radius 2 is 1.70 bits per heavy atom. The highest BCUT2D eigenvalue weighted by atomic mass is 32.2. The summed E-state index contributed by atoms with van der Waals surface area (Å²) in [6, 6.07) is 15.1. The molecule has 3 rings (SSSR count). The van der Waals surface area contributed by atoms with Crippen LogP contribution in [0.3, 0.4) is 0 Å². The lowest BCUT2D eigenvalue weighted by Gasteiger charge is -2.08. The number of aromatic nitrogens is 1. The minimum Gasteiger partial charge on any atom is -0.322 e. The normalized spacial score (nSPS) is 11.3. The van der Waals surface area contributed by atoms with Gasteiger partial charge in [-0.3, -0.25) is 9.78 Å². The van der Waals surface area contributed by atoms with Gasteiger partial charge >= 0.3 is 0 Å². The fraction of sp³-hybridized carbons (Fsp3) is 0.0588. The van der Waals surface area contributed by atoms with Crippen LogP contribution < -0.4 is 5.32 Å². The quantitative estimate of drug-likeness (QED) is 0.803. The highest BCUT2D eigenvalue weighted by Crippen LogP contribution is 2.19. The van der Waals surface area contributed by atoms with Crippen LogP contribution >= 0.6 is 0 Å². The van der Waals surface area contributed by atoms with E-state index in [0.29, 0.717) is 11.3 Å². The number of pyridine rings is 1. The van der Waals surface area contributed by atoms with E-state index >= 15 is 0 Å². The zero-order valence-electron chi connectivity index (χ0n) is 12.4. The van der Waals surface area contributed by atoms with Gasteiger partial charge in [0.05, 0.1) is 16.0 Å². The molecule has 0 bridgehead atoms. The van der Waals surface area contributed by atoms with Crippen LogP contribution in [0.5, 0.6) is 0 Å². The second kappa shape index (κ2) is 5.81. The van der Waals surface area contributed by atoms with Crippen LogP contribution in [0.2, 0.25) is 0 Å². The Hall–Kier alpha value is -2.73. The molecule has 0 aliphatic carbocycles. The number of anilines is 1. The number of fused-ring (bicyclic) bond motifs is 1. The molecule has 0 saturated carbocycles. The molecule has 5 nitrogen and oxygen atoms in total. The van der Waals surface area contributed by atoms with E-state index < -0.39 is 9.84 Å². The molecule has 23 heavy (non-hydrogen) atoms. The fourth-order valence-electron chi connectivity index (χ4n) is 2.28. The Morgan fingerprint density at radius 1 is 1.00 bits per heavy atom. The molecule has 6 heteroatoms. The van der Waals surface area contributed by atoms with Crippen LogP contribution in [0.1, 0.15) is 10.4 Å². The second-order valence-corrected chi connectivity index (χ2v) is 7.14. The van der Waals surface area contributed by atoms with Gasteiger partial charge in [-0.2, -0.15) is 0 Å². The molecule has 116 valence electrons. The first-order valence-corrected chi connectivity index (χ1v) is 8.79.